The molecule has 2 aliphatic heterocycles. The first kappa shape index (κ1) is 19.0. The highest BCUT2D eigenvalue weighted by atomic mass is 16.7. The van der Waals surface area contributed by atoms with Gasteiger partial charge in [0.05, 0.1) is 17.2 Å². The Kier molecular flexibility index (Phi) is 4.52. The zero-order valence-corrected chi connectivity index (χ0v) is 16.6. The van der Waals surface area contributed by atoms with Crippen molar-refractivity contribution in [2.24, 2.45) is 0 Å². The summed E-state index contributed by atoms with van der Waals surface area (Å²) in [6.07, 6.45) is -0.450. The van der Waals surface area contributed by atoms with E-state index in [9.17, 15) is 4.79 Å². The van der Waals surface area contributed by atoms with Crippen LogP contribution < -0.4 is 15.5 Å². The van der Waals surface area contributed by atoms with Gasteiger partial charge in [0.1, 0.15) is 18.0 Å². The second kappa shape index (κ2) is 6.17. The minimum Gasteiger partial charge on any atom is -0.491 e. The molecule has 1 atom stereocenters. The number of fused-ring (bicyclic) bond motifs is 1. The molecule has 1 aromatic rings. The average Bonchev–Trinajstić information content (AvgIpc) is 2.95. The first-order valence-electron chi connectivity index (χ1n) is 9.00. The summed E-state index contributed by atoms with van der Waals surface area (Å²) in [4.78, 5) is 12.0. The van der Waals surface area contributed by atoms with Gasteiger partial charge >= 0.3 is 13.2 Å². The zero-order valence-electron chi connectivity index (χ0n) is 16.6. The van der Waals surface area contributed by atoms with Crippen molar-refractivity contribution in [3.63, 3.8) is 0 Å². The number of benzene rings is 1. The molecule has 26 heavy (non-hydrogen) atoms. The van der Waals surface area contributed by atoms with Gasteiger partial charge < -0.3 is 24.1 Å². The molecule has 2 heterocycles. The molecule has 0 saturated carbocycles. The molecule has 0 radical (unpaired) electrons. The summed E-state index contributed by atoms with van der Waals surface area (Å²) in [7, 11) is -0.438. The Morgan fingerprint density at radius 3 is 2.38 bits per heavy atom. The van der Waals surface area contributed by atoms with Crippen LogP contribution in [0.4, 0.5) is 4.79 Å². The van der Waals surface area contributed by atoms with Crippen LogP contribution in [0.25, 0.3) is 0 Å². The van der Waals surface area contributed by atoms with Gasteiger partial charge in [-0.1, -0.05) is 12.1 Å². The van der Waals surface area contributed by atoms with Crippen molar-refractivity contribution >= 4 is 18.7 Å². The van der Waals surface area contributed by atoms with Crippen LogP contribution in [-0.4, -0.2) is 36.6 Å². The van der Waals surface area contributed by atoms with Crippen LogP contribution in [0.1, 0.15) is 60.1 Å². The maximum Gasteiger partial charge on any atom is 0.494 e. The molecule has 0 spiro atoms. The minimum absolute atomic E-state index is 0.229. The number of rotatable bonds is 2. The SMILES string of the molecule is CC(C)(C)OC(=O)N[C@H]1COc2cc(B3OC(C)(C)C(C)(C)O3)ccc21. The van der Waals surface area contributed by atoms with Crippen LogP contribution in [0.2, 0.25) is 0 Å². The molecule has 1 aromatic carbocycles. The number of ether oxygens (including phenoxy) is 2. The van der Waals surface area contributed by atoms with E-state index >= 15 is 0 Å². The number of alkyl carbamates (subject to hydrolysis) is 1. The monoisotopic (exact) mass is 361 g/mol. The van der Waals surface area contributed by atoms with Crippen molar-refractivity contribution in [3.05, 3.63) is 23.8 Å². The summed E-state index contributed by atoms with van der Waals surface area (Å²) in [6.45, 7) is 14.0. The molecule has 142 valence electrons. The van der Waals surface area contributed by atoms with Crippen LogP contribution in [0.5, 0.6) is 5.75 Å². The van der Waals surface area contributed by atoms with Crippen molar-refractivity contribution in [1.29, 1.82) is 0 Å². The van der Waals surface area contributed by atoms with E-state index in [1.165, 1.54) is 0 Å². The van der Waals surface area contributed by atoms with Crippen molar-refractivity contribution in [2.75, 3.05) is 6.61 Å². The lowest BCUT2D eigenvalue weighted by Crippen LogP contribution is -2.41. The molecule has 2 aliphatic rings. The molecular weight excluding hydrogens is 333 g/mol. The van der Waals surface area contributed by atoms with Crippen LogP contribution >= 0.6 is 0 Å². The maximum atomic E-state index is 12.0. The quantitative estimate of drug-likeness (QED) is 0.821. The standard InChI is InChI=1S/C19H28BNO5/c1-17(2,3)24-16(22)21-14-11-23-15-10-12(8-9-13(14)15)20-25-18(4,5)19(6,7)26-20/h8-10,14H,11H2,1-7H3,(H,21,22)/t14-/m0/s1. The van der Waals surface area contributed by atoms with Crippen LogP contribution in [0, 0.1) is 0 Å². The Bertz CT molecular complexity index is 694. The summed E-state index contributed by atoms with van der Waals surface area (Å²) in [5, 5.41) is 2.86. The number of hydrogen-bond acceptors (Lipinski definition) is 5. The van der Waals surface area contributed by atoms with E-state index in [0.29, 0.717) is 6.61 Å². The Morgan fingerprint density at radius 2 is 1.81 bits per heavy atom. The van der Waals surface area contributed by atoms with Crippen LogP contribution in [0.15, 0.2) is 18.2 Å². The number of hydrogen-bond donors (Lipinski definition) is 1. The lowest BCUT2D eigenvalue weighted by Gasteiger charge is -2.32. The Morgan fingerprint density at radius 1 is 1.19 bits per heavy atom. The summed E-state index contributed by atoms with van der Waals surface area (Å²) in [5.74, 6) is 0.735. The highest BCUT2D eigenvalue weighted by Crippen LogP contribution is 2.37. The van der Waals surface area contributed by atoms with Crippen molar-refractivity contribution in [3.8, 4) is 5.75 Å². The lowest BCUT2D eigenvalue weighted by molar-refractivity contribution is 0.00578. The first-order valence-corrected chi connectivity index (χ1v) is 9.00. The maximum absolute atomic E-state index is 12.0. The fraction of sp³-hybridized carbons (Fsp3) is 0.632. The van der Waals surface area contributed by atoms with Gasteiger partial charge in [-0.25, -0.2) is 4.79 Å². The third-order valence-corrected chi connectivity index (χ3v) is 5.03. The van der Waals surface area contributed by atoms with E-state index in [1.807, 2.05) is 66.7 Å². The van der Waals surface area contributed by atoms with E-state index < -0.39 is 30.0 Å². The molecular formula is C19H28BNO5. The van der Waals surface area contributed by atoms with Gasteiger partial charge in [-0.05, 0) is 60.0 Å². The first-order chi connectivity index (χ1) is 11.9. The second-order valence-corrected chi connectivity index (χ2v) is 8.90. The largest absolute Gasteiger partial charge is 0.494 e. The van der Waals surface area contributed by atoms with Crippen LogP contribution in [-0.2, 0) is 14.0 Å². The van der Waals surface area contributed by atoms with Gasteiger partial charge in [0.25, 0.3) is 0 Å². The minimum atomic E-state index is -0.535. The predicted molar refractivity (Wildman–Crippen MR) is 99.8 cm³/mol. The summed E-state index contributed by atoms with van der Waals surface area (Å²) >= 11 is 0. The average molecular weight is 361 g/mol. The summed E-state index contributed by atoms with van der Waals surface area (Å²) in [6, 6.07) is 5.60. The van der Waals surface area contributed by atoms with E-state index in [2.05, 4.69) is 5.32 Å². The molecule has 0 aliphatic carbocycles. The van der Waals surface area contributed by atoms with E-state index in [1.54, 1.807) is 0 Å². The normalized spacial score (nSPS) is 23.3. The predicted octanol–water partition coefficient (Wildman–Crippen LogP) is 2.94. The van der Waals surface area contributed by atoms with Gasteiger partial charge in [0.2, 0.25) is 0 Å². The Balaban J connectivity index is 1.72. The Hall–Kier alpha value is -1.73. The van der Waals surface area contributed by atoms with Gasteiger partial charge in [0.15, 0.2) is 0 Å². The summed E-state index contributed by atoms with van der Waals surface area (Å²) in [5.41, 5.74) is 0.514. The molecule has 3 rings (SSSR count). The van der Waals surface area contributed by atoms with E-state index in [4.69, 9.17) is 18.8 Å². The lowest BCUT2D eigenvalue weighted by atomic mass is 9.78. The number of nitrogens with one attached hydrogen (secondary N) is 1. The van der Waals surface area contributed by atoms with Crippen molar-refractivity contribution in [1.82, 2.24) is 5.32 Å². The molecule has 1 amide bonds. The fourth-order valence-corrected chi connectivity index (χ4v) is 2.92. The highest BCUT2D eigenvalue weighted by Gasteiger charge is 2.52. The zero-order chi connectivity index (χ0) is 19.3. The number of carbonyl (C=O) groups is 1. The molecule has 0 bridgehead atoms. The van der Waals surface area contributed by atoms with E-state index in [0.717, 1.165) is 16.8 Å². The molecule has 1 N–H and O–H groups in total. The van der Waals surface area contributed by atoms with Gasteiger partial charge in [-0.2, -0.15) is 0 Å². The second-order valence-electron chi connectivity index (χ2n) is 8.90. The number of amides is 1. The molecule has 1 fully saturated rings. The molecule has 7 heteroatoms. The van der Waals surface area contributed by atoms with Gasteiger partial charge in [-0.15, -0.1) is 0 Å². The molecule has 1 saturated heterocycles. The van der Waals surface area contributed by atoms with Gasteiger partial charge in [-0.3, -0.25) is 0 Å². The fourth-order valence-electron chi connectivity index (χ4n) is 2.92. The topological polar surface area (TPSA) is 66.0 Å². The van der Waals surface area contributed by atoms with Crippen molar-refractivity contribution < 1.29 is 23.6 Å². The summed E-state index contributed by atoms with van der Waals surface area (Å²) < 4.78 is 23.3. The van der Waals surface area contributed by atoms with Crippen molar-refractivity contribution in [2.45, 2.75) is 71.3 Å². The molecule has 0 aromatic heterocycles. The van der Waals surface area contributed by atoms with Crippen LogP contribution in [0.3, 0.4) is 0 Å². The highest BCUT2D eigenvalue weighted by molar-refractivity contribution is 6.62. The molecule has 0 unspecified atom stereocenters. The number of carbonyl (C=O) groups excluding carboxylic acids is 1. The smallest absolute Gasteiger partial charge is 0.491 e. The Labute approximate surface area is 155 Å². The third kappa shape index (κ3) is 3.69. The van der Waals surface area contributed by atoms with E-state index in [-0.39, 0.29) is 6.04 Å². The van der Waals surface area contributed by atoms with Gasteiger partial charge in [0, 0.05) is 5.56 Å². The molecule has 6 nitrogen and oxygen atoms in total. The third-order valence-electron chi connectivity index (χ3n) is 5.03.